The molecular formula is C12H15N3O2S. The summed E-state index contributed by atoms with van der Waals surface area (Å²) < 4.78 is 10.9. The molecule has 6 heteroatoms. The van der Waals surface area contributed by atoms with E-state index in [-0.39, 0.29) is 6.10 Å². The second-order valence-electron chi connectivity index (χ2n) is 4.26. The van der Waals surface area contributed by atoms with Gasteiger partial charge in [-0.25, -0.2) is 0 Å². The van der Waals surface area contributed by atoms with E-state index in [0.717, 1.165) is 31.9 Å². The highest BCUT2D eigenvalue weighted by atomic mass is 32.1. The molecule has 5 nitrogen and oxygen atoms in total. The van der Waals surface area contributed by atoms with Gasteiger partial charge in [0.25, 0.3) is 0 Å². The first-order chi connectivity index (χ1) is 8.90. The number of rotatable bonds is 4. The second-order valence-corrected chi connectivity index (χ2v) is 5.29. The number of hydrogen-bond donors (Lipinski definition) is 1. The van der Waals surface area contributed by atoms with Crippen LogP contribution in [0.15, 0.2) is 22.0 Å². The molecule has 1 unspecified atom stereocenters. The average Bonchev–Trinajstić information content (AvgIpc) is 3.03. The van der Waals surface area contributed by atoms with E-state index < -0.39 is 0 Å². The maximum Gasteiger partial charge on any atom is 0.229 e. The van der Waals surface area contributed by atoms with E-state index in [1.807, 2.05) is 6.07 Å². The predicted octanol–water partition coefficient (Wildman–Crippen LogP) is 1.25. The molecule has 0 radical (unpaired) electrons. The van der Waals surface area contributed by atoms with Crippen molar-refractivity contribution in [2.75, 3.05) is 19.7 Å². The third-order valence-corrected chi connectivity index (χ3v) is 3.71. The zero-order valence-corrected chi connectivity index (χ0v) is 10.8. The van der Waals surface area contributed by atoms with Crippen LogP contribution in [0.25, 0.3) is 0 Å². The molecule has 1 atom stereocenters. The average molecular weight is 265 g/mol. The van der Waals surface area contributed by atoms with E-state index >= 15 is 0 Å². The Hall–Kier alpha value is -1.24. The summed E-state index contributed by atoms with van der Waals surface area (Å²) in [6, 6.07) is 4.11. The van der Waals surface area contributed by atoms with Gasteiger partial charge in [0.1, 0.15) is 0 Å². The Morgan fingerprint density at radius 1 is 1.50 bits per heavy atom. The molecule has 2 aromatic heterocycles. The topological polar surface area (TPSA) is 60.2 Å². The molecule has 3 rings (SSSR count). The van der Waals surface area contributed by atoms with Gasteiger partial charge in [-0.15, -0.1) is 11.3 Å². The number of nitrogens with zero attached hydrogens (tertiary/aromatic N) is 2. The van der Waals surface area contributed by atoms with E-state index in [4.69, 9.17) is 9.26 Å². The Bertz CT molecular complexity index is 477. The molecule has 0 amide bonds. The van der Waals surface area contributed by atoms with Crippen LogP contribution in [-0.2, 0) is 17.6 Å². The smallest absolute Gasteiger partial charge is 0.229 e. The summed E-state index contributed by atoms with van der Waals surface area (Å²) in [6.07, 6.45) is 1.57. The summed E-state index contributed by atoms with van der Waals surface area (Å²) in [7, 11) is 0. The summed E-state index contributed by atoms with van der Waals surface area (Å²) >= 11 is 1.71. The van der Waals surface area contributed by atoms with Crippen LogP contribution in [0.5, 0.6) is 0 Å². The van der Waals surface area contributed by atoms with Crippen molar-refractivity contribution in [1.29, 1.82) is 0 Å². The van der Waals surface area contributed by atoms with Crippen molar-refractivity contribution in [2.24, 2.45) is 0 Å². The van der Waals surface area contributed by atoms with Crippen LogP contribution in [0.4, 0.5) is 0 Å². The van der Waals surface area contributed by atoms with Gasteiger partial charge in [0.15, 0.2) is 5.82 Å². The number of morpholine rings is 1. The molecule has 0 bridgehead atoms. The van der Waals surface area contributed by atoms with Gasteiger partial charge >= 0.3 is 0 Å². The van der Waals surface area contributed by atoms with E-state index in [1.165, 1.54) is 4.88 Å². The maximum atomic E-state index is 5.61. The molecule has 1 N–H and O–H groups in total. The van der Waals surface area contributed by atoms with Crippen molar-refractivity contribution in [3.8, 4) is 0 Å². The van der Waals surface area contributed by atoms with Gasteiger partial charge in [-0.2, -0.15) is 4.98 Å². The second kappa shape index (κ2) is 5.60. The molecule has 3 heterocycles. The minimum Gasteiger partial charge on any atom is -0.375 e. The Kier molecular flexibility index (Phi) is 3.68. The van der Waals surface area contributed by atoms with Gasteiger partial charge in [0.05, 0.1) is 19.1 Å². The van der Waals surface area contributed by atoms with Gasteiger partial charge in [-0.1, -0.05) is 11.2 Å². The van der Waals surface area contributed by atoms with E-state index in [2.05, 4.69) is 26.9 Å². The van der Waals surface area contributed by atoms with Crippen LogP contribution >= 0.6 is 11.3 Å². The van der Waals surface area contributed by atoms with Gasteiger partial charge in [-0.3, -0.25) is 0 Å². The molecule has 1 aliphatic heterocycles. The fourth-order valence-corrected chi connectivity index (χ4v) is 2.66. The van der Waals surface area contributed by atoms with Crippen LogP contribution < -0.4 is 5.32 Å². The normalized spacial score (nSPS) is 20.1. The fourth-order valence-electron chi connectivity index (χ4n) is 1.96. The van der Waals surface area contributed by atoms with Gasteiger partial charge in [0, 0.05) is 24.4 Å². The first-order valence-corrected chi connectivity index (χ1v) is 6.94. The van der Waals surface area contributed by atoms with E-state index in [0.29, 0.717) is 12.3 Å². The van der Waals surface area contributed by atoms with Gasteiger partial charge in [0.2, 0.25) is 5.89 Å². The van der Waals surface area contributed by atoms with Crippen LogP contribution in [0, 0.1) is 0 Å². The number of thiophene rings is 1. The summed E-state index contributed by atoms with van der Waals surface area (Å²) in [6.45, 7) is 2.52. The van der Waals surface area contributed by atoms with Crippen molar-refractivity contribution < 1.29 is 9.26 Å². The molecule has 0 saturated carbocycles. The molecule has 96 valence electrons. The fraction of sp³-hybridized carbons (Fsp3) is 0.500. The zero-order chi connectivity index (χ0) is 12.2. The predicted molar refractivity (Wildman–Crippen MR) is 67.7 cm³/mol. The van der Waals surface area contributed by atoms with Crippen molar-refractivity contribution in [2.45, 2.75) is 18.9 Å². The third-order valence-electron chi connectivity index (χ3n) is 2.83. The summed E-state index contributed by atoms with van der Waals surface area (Å²) in [4.78, 5) is 5.65. The van der Waals surface area contributed by atoms with Crippen LogP contribution in [-0.4, -0.2) is 35.9 Å². The number of nitrogens with one attached hydrogen (secondary N) is 1. The number of ether oxygens (including phenoxy) is 1. The lowest BCUT2D eigenvalue weighted by molar-refractivity contribution is 0.0246. The lowest BCUT2D eigenvalue weighted by Gasteiger charge is -2.21. The van der Waals surface area contributed by atoms with Crippen molar-refractivity contribution in [3.05, 3.63) is 34.1 Å². The molecule has 0 aromatic carbocycles. The zero-order valence-electron chi connectivity index (χ0n) is 9.96. The van der Waals surface area contributed by atoms with Crippen LogP contribution in [0.2, 0.25) is 0 Å². The van der Waals surface area contributed by atoms with Gasteiger partial charge in [-0.05, 0) is 11.4 Å². The monoisotopic (exact) mass is 265 g/mol. The van der Waals surface area contributed by atoms with E-state index in [1.54, 1.807) is 11.3 Å². The summed E-state index contributed by atoms with van der Waals surface area (Å²) in [5, 5.41) is 9.34. The van der Waals surface area contributed by atoms with Crippen LogP contribution in [0.1, 0.15) is 16.6 Å². The quantitative estimate of drug-likeness (QED) is 0.901. The number of hydrogen-bond acceptors (Lipinski definition) is 6. The molecule has 2 aromatic rings. The molecule has 1 saturated heterocycles. The lowest BCUT2D eigenvalue weighted by Crippen LogP contribution is -2.39. The third kappa shape index (κ3) is 2.95. The summed E-state index contributed by atoms with van der Waals surface area (Å²) in [5.74, 6) is 1.41. The maximum absolute atomic E-state index is 5.61. The highest BCUT2D eigenvalue weighted by Gasteiger charge is 2.17. The van der Waals surface area contributed by atoms with Crippen molar-refractivity contribution in [3.63, 3.8) is 0 Å². The molecule has 18 heavy (non-hydrogen) atoms. The molecule has 0 spiro atoms. The standard InChI is InChI=1S/C12H15N3O2S/c1-2-10(18-5-1)7-11-14-12(17-15-11)6-9-8-13-3-4-16-9/h1-2,5,9,13H,3-4,6-8H2. The molecule has 1 aliphatic rings. The highest BCUT2D eigenvalue weighted by molar-refractivity contribution is 7.09. The minimum absolute atomic E-state index is 0.147. The largest absolute Gasteiger partial charge is 0.375 e. The Labute approximate surface area is 109 Å². The van der Waals surface area contributed by atoms with Crippen molar-refractivity contribution in [1.82, 2.24) is 15.5 Å². The Morgan fingerprint density at radius 3 is 3.28 bits per heavy atom. The summed E-state index contributed by atoms with van der Waals surface area (Å²) in [5.41, 5.74) is 0. The van der Waals surface area contributed by atoms with E-state index in [9.17, 15) is 0 Å². The Morgan fingerprint density at radius 2 is 2.50 bits per heavy atom. The minimum atomic E-state index is 0.147. The highest BCUT2D eigenvalue weighted by Crippen LogP contribution is 2.13. The van der Waals surface area contributed by atoms with Crippen molar-refractivity contribution >= 4 is 11.3 Å². The van der Waals surface area contributed by atoms with Gasteiger partial charge < -0.3 is 14.6 Å². The SMILES string of the molecule is c1csc(Cc2noc(CC3CNCCO3)n2)c1. The molecule has 1 fully saturated rings. The number of aromatic nitrogens is 2. The Balaban J connectivity index is 1.59. The van der Waals surface area contributed by atoms with Crippen LogP contribution in [0.3, 0.4) is 0 Å². The first-order valence-electron chi connectivity index (χ1n) is 6.06. The molecular weight excluding hydrogens is 250 g/mol. The first kappa shape index (κ1) is 11.8. The lowest BCUT2D eigenvalue weighted by atomic mass is 10.2. The molecule has 0 aliphatic carbocycles.